The third-order valence-electron chi connectivity index (χ3n) is 2.55. The summed E-state index contributed by atoms with van der Waals surface area (Å²) in [5, 5.41) is 0. The average Bonchev–Trinajstić information content (AvgIpc) is 2.30. The minimum absolute atomic E-state index is 0.230. The van der Waals surface area contributed by atoms with Crippen LogP contribution in [-0.2, 0) is 5.75 Å². The molecule has 3 heteroatoms. The second kappa shape index (κ2) is 5.23. The van der Waals surface area contributed by atoms with Gasteiger partial charge in [-0.2, -0.15) is 0 Å². The molecule has 0 radical (unpaired) electrons. The second-order valence-electron chi connectivity index (χ2n) is 3.91. The largest absolute Gasteiger partial charge is 0.399 e. The van der Waals surface area contributed by atoms with Crippen LogP contribution in [0.15, 0.2) is 47.4 Å². The summed E-state index contributed by atoms with van der Waals surface area (Å²) in [5.41, 5.74) is 7.88. The Labute approximate surface area is 105 Å². The highest BCUT2D eigenvalue weighted by Gasteiger charge is 2.04. The maximum Gasteiger partial charge on any atom is 0.129 e. The molecule has 0 bridgehead atoms. The van der Waals surface area contributed by atoms with Crippen LogP contribution in [-0.4, -0.2) is 0 Å². The fourth-order valence-corrected chi connectivity index (χ4v) is 2.57. The van der Waals surface area contributed by atoms with E-state index >= 15 is 0 Å². The van der Waals surface area contributed by atoms with E-state index in [1.165, 1.54) is 16.5 Å². The van der Waals surface area contributed by atoms with E-state index < -0.39 is 0 Å². The third kappa shape index (κ3) is 3.01. The van der Waals surface area contributed by atoms with Crippen molar-refractivity contribution in [2.45, 2.75) is 17.6 Å². The summed E-state index contributed by atoms with van der Waals surface area (Å²) in [4.78, 5) is 1.18. The van der Waals surface area contributed by atoms with Crippen molar-refractivity contribution >= 4 is 17.4 Å². The van der Waals surface area contributed by atoms with Gasteiger partial charge in [0, 0.05) is 16.3 Å². The van der Waals surface area contributed by atoms with Gasteiger partial charge in [-0.1, -0.05) is 24.3 Å². The van der Waals surface area contributed by atoms with Crippen molar-refractivity contribution in [3.63, 3.8) is 0 Å². The Morgan fingerprint density at radius 1 is 1.18 bits per heavy atom. The van der Waals surface area contributed by atoms with Crippen LogP contribution in [0, 0.1) is 12.7 Å². The first kappa shape index (κ1) is 12.0. The molecular weight excluding hydrogens is 233 g/mol. The summed E-state index contributed by atoms with van der Waals surface area (Å²) < 4.78 is 13.6. The lowest BCUT2D eigenvalue weighted by molar-refractivity contribution is 0.618. The van der Waals surface area contributed by atoms with Crippen molar-refractivity contribution in [3.05, 3.63) is 59.4 Å². The molecule has 0 saturated heterocycles. The monoisotopic (exact) mass is 247 g/mol. The van der Waals surface area contributed by atoms with Crippen LogP contribution in [0.25, 0.3) is 0 Å². The van der Waals surface area contributed by atoms with Crippen molar-refractivity contribution in [2.24, 2.45) is 0 Å². The summed E-state index contributed by atoms with van der Waals surface area (Å²) in [6.45, 7) is 2.06. The summed E-state index contributed by atoms with van der Waals surface area (Å²) in [6, 6.07) is 13.0. The Kier molecular flexibility index (Phi) is 3.69. The number of halogens is 1. The molecule has 0 unspecified atom stereocenters. The molecule has 0 aliphatic carbocycles. The molecule has 0 aliphatic heterocycles. The minimum Gasteiger partial charge on any atom is -0.399 e. The number of hydrogen-bond acceptors (Lipinski definition) is 2. The molecule has 2 aromatic rings. The molecule has 2 aromatic carbocycles. The van der Waals surface area contributed by atoms with Gasteiger partial charge in [0.1, 0.15) is 5.82 Å². The molecule has 0 atom stereocenters. The van der Waals surface area contributed by atoms with E-state index in [-0.39, 0.29) is 5.82 Å². The Balaban J connectivity index is 2.10. The number of nitrogens with two attached hydrogens (primary N) is 1. The Hall–Kier alpha value is -1.48. The van der Waals surface area contributed by atoms with Crippen LogP contribution in [0.5, 0.6) is 0 Å². The lowest BCUT2D eigenvalue weighted by Gasteiger charge is -2.06. The molecular formula is C14H14FNS. The van der Waals surface area contributed by atoms with Crippen molar-refractivity contribution in [2.75, 3.05) is 5.73 Å². The highest BCUT2D eigenvalue weighted by atomic mass is 32.2. The molecule has 2 N–H and O–H groups in total. The predicted octanol–water partition coefficient (Wildman–Crippen LogP) is 4.01. The molecule has 0 aromatic heterocycles. The van der Waals surface area contributed by atoms with Crippen LogP contribution < -0.4 is 5.73 Å². The molecule has 0 fully saturated rings. The second-order valence-corrected chi connectivity index (χ2v) is 4.92. The average molecular weight is 247 g/mol. The van der Waals surface area contributed by atoms with Crippen molar-refractivity contribution < 1.29 is 4.39 Å². The van der Waals surface area contributed by atoms with E-state index in [9.17, 15) is 4.39 Å². The van der Waals surface area contributed by atoms with Gasteiger partial charge in [0.05, 0.1) is 0 Å². The summed E-state index contributed by atoms with van der Waals surface area (Å²) in [6.07, 6.45) is 0. The van der Waals surface area contributed by atoms with Gasteiger partial charge >= 0.3 is 0 Å². The molecule has 1 nitrogen and oxygen atoms in total. The van der Waals surface area contributed by atoms with Crippen LogP contribution in [0.1, 0.15) is 11.1 Å². The van der Waals surface area contributed by atoms with Crippen LogP contribution in [0.3, 0.4) is 0 Å². The lowest BCUT2D eigenvalue weighted by atomic mass is 10.2. The third-order valence-corrected chi connectivity index (χ3v) is 3.78. The van der Waals surface area contributed by atoms with Gasteiger partial charge in [0.15, 0.2) is 0 Å². The minimum atomic E-state index is -0.230. The topological polar surface area (TPSA) is 26.0 Å². The maximum atomic E-state index is 13.6. The first-order valence-electron chi connectivity index (χ1n) is 5.39. The normalized spacial score (nSPS) is 10.5. The molecule has 0 amide bonds. The molecule has 0 heterocycles. The van der Waals surface area contributed by atoms with Gasteiger partial charge in [0.25, 0.3) is 0 Å². The summed E-state index contributed by atoms with van der Waals surface area (Å²) >= 11 is 1.64. The SMILES string of the molecule is Cc1ccccc1SCc1ccc(N)cc1F. The number of rotatable bonds is 3. The summed E-state index contributed by atoms with van der Waals surface area (Å²) in [7, 11) is 0. The van der Waals surface area contributed by atoms with Crippen molar-refractivity contribution in [3.8, 4) is 0 Å². The summed E-state index contributed by atoms with van der Waals surface area (Å²) in [5.74, 6) is 0.392. The van der Waals surface area contributed by atoms with Crippen molar-refractivity contribution in [1.82, 2.24) is 0 Å². The first-order chi connectivity index (χ1) is 8.16. The van der Waals surface area contributed by atoms with Gasteiger partial charge in [-0.05, 0) is 36.2 Å². The smallest absolute Gasteiger partial charge is 0.129 e. The van der Waals surface area contributed by atoms with Gasteiger partial charge < -0.3 is 5.73 Å². The van der Waals surface area contributed by atoms with Gasteiger partial charge in [0.2, 0.25) is 0 Å². The van der Waals surface area contributed by atoms with E-state index in [0.717, 1.165) is 0 Å². The molecule has 0 aliphatic rings. The van der Waals surface area contributed by atoms with Gasteiger partial charge in [-0.25, -0.2) is 4.39 Å². The fourth-order valence-electron chi connectivity index (χ4n) is 1.55. The zero-order chi connectivity index (χ0) is 12.3. The number of aryl methyl sites for hydroxylation is 1. The Bertz CT molecular complexity index is 525. The molecule has 0 saturated carbocycles. The number of thioether (sulfide) groups is 1. The molecule has 88 valence electrons. The van der Waals surface area contributed by atoms with Gasteiger partial charge in [-0.3, -0.25) is 0 Å². The fraction of sp³-hybridized carbons (Fsp3) is 0.143. The highest BCUT2D eigenvalue weighted by molar-refractivity contribution is 7.98. The highest BCUT2D eigenvalue weighted by Crippen LogP contribution is 2.27. The zero-order valence-corrected chi connectivity index (χ0v) is 10.4. The van der Waals surface area contributed by atoms with Crippen LogP contribution in [0.2, 0.25) is 0 Å². The molecule has 17 heavy (non-hydrogen) atoms. The number of anilines is 1. The van der Waals surface area contributed by atoms with E-state index in [4.69, 9.17) is 5.73 Å². The number of benzene rings is 2. The maximum absolute atomic E-state index is 13.6. The number of hydrogen-bond donors (Lipinski definition) is 1. The van der Waals surface area contributed by atoms with Crippen LogP contribution >= 0.6 is 11.8 Å². The standard InChI is InChI=1S/C14H14FNS/c1-10-4-2-3-5-14(10)17-9-11-6-7-12(16)8-13(11)15/h2-8H,9,16H2,1H3. The first-order valence-corrected chi connectivity index (χ1v) is 6.37. The van der Waals surface area contributed by atoms with E-state index in [2.05, 4.69) is 19.1 Å². The van der Waals surface area contributed by atoms with E-state index in [0.29, 0.717) is 17.0 Å². The number of nitrogen functional groups attached to an aromatic ring is 1. The molecule has 0 spiro atoms. The Morgan fingerprint density at radius 2 is 1.94 bits per heavy atom. The zero-order valence-electron chi connectivity index (χ0n) is 9.61. The quantitative estimate of drug-likeness (QED) is 0.655. The lowest BCUT2D eigenvalue weighted by Crippen LogP contribution is -1.91. The van der Waals surface area contributed by atoms with E-state index in [1.807, 2.05) is 12.1 Å². The predicted molar refractivity (Wildman–Crippen MR) is 71.6 cm³/mol. The van der Waals surface area contributed by atoms with Crippen molar-refractivity contribution in [1.29, 1.82) is 0 Å². The van der Waals surface area contributed by atoms with Crippen LogP contribution in [0.4, 0.5) is 10.1 Å². The Morgan fingerprint density at radius 3 is 2.65 bits per heavy atom. The molecule has 2 rings (SSSR count). The van der Waals surface area contributed by atoms with Gasteiger partial charge in [-0.15, -0.1) is 11.8 Å². The van der Waals surface area contributed by atoms with E-state index in [1.54, 1.807) is 23.9 Å².